The van der Waals surface area contributed by atoms with E-state index in [2.05, 4.69) is 10.2 Å². The fourth-order valence-corrected chi connectivity index (χ4v) is 3.56. The molecule has 0 radical (unpaired) electrons. The van der Waals surface area contributed by atoms with Gasteiger partial charge in [0.15, 0.2) is 5.82 Å². The van der Waals surface area contributed by atoms with Crippen LogP contribution in [0.25, 0.3) is 0 Å². The third-order valence-electron chi connectivity index (χ3n) is 2.93. The Balaban J connectivity index is 2.22. The quantitative estimate of drug-likeness (QED) is 0.859. The highest BCUT2D eigenvalue weighted by Gasteiger charge is 2.43. The van der Waals surface area contributed by atoms with Gasteiger partial charge in [0.2, 0.25) is 0 Å². The Bertz CT molecular complexity index is 864. The third-order valence-corrected chi connectivity index (χ3v) is 4.66. The van der Waals surface area contributed by atoms with Crippen molar-refractivity contribution in [2.45, 2.75) is 4.90 Å². The molecule has 106 valence electrons. The van der Waals surface area contributed by atoms with E-state index < -0.39 is 21.9 Å². The summed E-state index contributed by atoms with van der Waals surface area (Å²) in [6.07, 6.45) is 1.34. The molecule has 1 aliphatic rings. The first-order chi connectivity index (χ1) is 9.93. The number of amides is 1. The minimum atomic E-state index is -4.19. The summed E-state index contributed by atoms with van der Waals surface area (Å²) in [4.78, 5) is 22.8. The van der Waals surface area contributed by atoms with Gasteiger partial charge in [-0.25, -0.2) is 13.2 Å². The molecule has 0 bridgehead atoms. The van der Waals surface area contributed by atoms with Crippen LogP contribution < -0.4 is 4.31 Å². The number of carbonyl (C=O) groups excluding carboxylic acids is 1. The number of aromatic nitrogens is 2. The van der Waals surface area contributed by atoms with Crippen LogP contribution in [0.3, 0.4) is 0 Å². The molecule has 3 rings (SSSR count). The van der Waals surface area contributed by atoms with Crippen molar-refractivity contribution in [2.24, 2.45) is 0 Å². The molecule has 1 aromatic carbocycles. The number of hydrogen-bond donors (Lipinski definition) is 1. The van der Waals surface area contributed by atoms with Gasteiger partial charge in [0.25, 0.3) is 15.9 Å². The van der Waals surface area contributed by atoms with Crippen LogP contribution in [0, 0.1) is 0 Å². The molecule has 0 atom stereocenters. The number of hydrogen-bond acceptors (Lipinski definition) is 6. The molecule has 2 aromatic rings. The third kappa shape index (κ3) is 1.86. The Morgan fingerprint density at radius 2 is 2.00 bits per heavy atom. The molecule has 0 saturated carbocycles. The van der Waals surface area contributed by atoms with Crippen molar-refractivity contribution in [2.75, 3.05) is 4.31 Å². The molecule has 21 heavy (non-hydrogen) atoms. The molecular weight excluding hydrogens is 298 g/mol. The first-order valence-electron chi connectivity index (χ1n) is 5.67. The molecule has 8 nitrogen and oxygen atoms in total. The van der Waals surface area contributed by atoms with E-state index in [4.69, 9.17) is 5.11 Å². The van der Waals surface area contributed by atoms with Gasteiger partial charge in [-0.1, -0.05) is 0 Å². The SMILES string of the molecule is O=C(O)c1ccc2c(c1)S(=O)(=O)N(c1cccnn1)C2=O. The maximum Gasteiger partial charge on any atom is 0.335 e. The number of aromatic carboxylic acids is 1. The molecule has 9 heteroatoms. The van der Waals surface area contributed by atoms with Crippen LogP contribution in [0.1, 0.15) is 20.7 Å². The number of carboxylic acid groups (broad SMARTS) is 1. The number of benzene rings is 1. The molecular formula is C12H7N3O5S. The van der Waals surface area contributed by atoms with E-state index in [-0.39, 0.29) is 21.8 Å². The van der Waals surface area contributed by atoms with Crippen molar-refractivity contribution >= 4 is 27.7 Å². The highest BCUT2D eigenvalue weighted by atomic mass is 32.2. The maximum absolute atomic E-state index is 12.4. The fourth-order valence-electron chi connectivity index (χ4n) is 1.99. The average molecular weight is 305 g/mol. The summed E-state index contributed by atoms with van der Waals surface area (Å²) in [5.74, 6) is -2.21. The van der Waals surface area contributed by atoms with E-state index in [1.165, 1.54) is 30.5 Å². The summed E-state index contributed by atoms with van der Waals surface area (Å²) in [7, 11) is -4.19. The smallest absolute Gasteiger partial charge is 0.335 e. The summed E-state index contributed by atoms with van der Waals surface area (Å²) < 4.78 is 25.3. The van der Waals surface area contributed by atoms with Gasteiger partial charge >= 0.3 is 5.97 Å². The molecule has 0 fully saturated rings. The Hall–Kier alpha value is -2.81. The molecule has 0 unspecified atom stereocenters. The predicted molar refractivity (Wildman–Crippen MR) is 69.4 cm³/mol. The normalized spacial score (nSPS) is 15.8. The lowest BCUT2D eigenvalue weighted by atomic mass is 10.1. The van der Waals surface area contributed by atoms with Gasteiger partial charge in [-0.2, -0.15) is 9.40 Å². The second-order valence-corrected chi connectivity index (χ2v) is 5.93. The second-order valence-electron chi connectivity index (χ2n) is 4.17. The van der Waals surface area contributed by atoms with Crippen LogP contribution in [0.5, 0.6) is 0 Å². The van der Waals surface area contributed by atoms with Gasteiger partial charge in [0, 0.05) is 6.20 Å². The maximum atomic E-state index is 12.4. The van der Waals surface area contributed by atoms with Gasteiger partial charge in [0.1, 0.15) is 4.90 Å². The topological polar surface area (TPSA) is 118 Å². The van der Waals surface area contributed by atoms with E-state index in [1.54, 1.807) is 0 Å². The summed E-state index contributed by atoms with van der Waals surface area (Å²) in [6, 6.07) is 6.08. The Morgan fingerprint density at radius 3 is 2.62 bits per heavy atom. The summed E-state index contributed by atoms with van der Waals surface area (Å²) in [5.41, 5.74) is -0.309. The zero-order chi connectivity index (χ0) is 15.2. The number of nitrogens with zero attached hydrogens (tertiary/aromatic N) is 3. The van der Waals surface area contributed by atoms with Crippen molar-refractivity contribution in [3.63, 3.8) is 0 Å². The Kier molecular flexibility index (Phi) is 2.73. The van der Waals surface area contributed by atoms with Crippen LogP contribution in [-0.2, 0) is 10.0 Å². The van der Waals surface area contributed by atoms with Crippen LogP contribution >= 0.6 is 0 Å². The van der Waals surface area contributed by atoms with Gasteiger partial charge in [0.05, 0.1) is 11.1 Å². The Labute approximate surface area is 118 Å². The van der Waals surface area contributed by atoms with Crippen LogP contribution in [0.2, 0.25) is 0 Å². The average Bonchev–Trinajstić information content (AvgIpc) is 2.66. The fraction of sp³-hybridized carbons (Fsp3) is 0. The van der Waals surface area contributed by atoms with Crippen LogP contribution in [0.15, 0.2) is 41.4 Å². The highest BCUT2D eigenvalue weighted by molar-refractivity contribution is 7.94. The zero-order valence-electron chi connectivity index (χ0n) is 10.3. The van der Waals surface area contributed by atoms with Crippen molar-refractivity contribution < 1.29 is 23.1 Å². The molecule has 2 heterocycles. The monoisotopic (exact) mass is 305 g/mol. The van der Waals surface area contributed by atoms with Gasteiger partial charge < -0.3 is 5.11 Å². The van der Waals surface area contributed by atoms with E-state index in [9.17, 15) is 18.0 Å². The zero-order valence-corrected chi connectivity index (χ0v) is 11.1. The molecule has 0 aliphatic carbocycles. The van der Waals surface area contributed by atoms with E-state index >= 15 is 0 Å². The number of anilines is 1. The molecule has 0 spiro atoms. The predicted octanol–water partition coefficient (Wildman–Crippen LogP) is 0.524. The molecule has 0 saturated heterocycles. The lowest BCUT2D eigenvalue weighted by molar-refractivity contribution is 0.0696. The summed E-state index contributed by atoms with van der Waals surface area (Å²) in [5, 5.41) is 16.1. The van der Waals surface area contributed by atoms with Crippen LogP contribution in [-0.4, -0.2) is 35.6 Å². The van der Waals surface area contributed by atoms with Crippen molar-refractivity contribution in [1.82, 2.24) is 10.2 Å². The number of fused-ring (bicyclic) bond motifs is 1. The van der Waals surface area contributed by atoms with Gasteiger partial charge in [-0.15, -0.1) is 5.10 Å². The van der Waals surface area contributed by atoms with Crippen molar-refractivity contribution in [1.29, 1.82) is 0 Å². The van der Waals surface area contributed by atoms with E-state index in [1.807, 2.05) is 0 Å². The van der Waals surface area contributed by atoms with E-state index in [0.717, 1.165) is 6.07 Å². The Morgan fingerprint density at radius 1 is 1.24 bits per heavy atom. The number of rotatable bonds is 2. The van der Waals surface area contributed by atoms with E-state index in [0.29, 0.717) is 4.31 Å². The lowest BCUT2D eigenvalue weighted by Crippen LogP contribution is -2.30. The minimum absolute atomic E-state index is 0.0920. The van der Waals surface area contributed by atoms with Gasteiger partial charge in [-0.05, 0) is 30.3 Å². The molecule has 1 N–H and O–H groups in total. The first kappa shape index (κ1) is 13.2. The molecule has 1 aliphatic heterocycles. The summed E-state index contributed by atoms with van der Waals surface area (Å²) in [6.45, 7) is 0. The minimum Gasteiger partial charge on any atom is -0.478 e. The lowest BCUT2D eigenvalue weighted by Gasteiger charge is -2.12. The molecule has 1 aromatic heterocycles. The van der Waals surface area contributed by atoms with Crippen molar-refractivity contribution in [3.05, 3.63) is 47.7 Å². The molecule has 1 amide bonds. The second kappa shape index (κ2) is 4.35. The standard InChI is InChI=1S/C12H7N3O5S/c16-11-8-4-3-7(12(17)18)6-9(8)21(19,20)15(11)10-2-1-5-13-14-10/h1-6H,(H,17,18). The largest absolute Gasteiger partial charge is 0.478 e. The first-order valence-corrected chi connectivity index (χ1v) is 7.11. The van der Waals surface area contributed by atoms with Gasteiger partial charge in [-0.3, -0.25) is 4.79 Å². The van der Waals surface area contributed by atoms with Crippen molar-refractivity contribution in [3.8, 4) is 0 Å². The highest BCUT2D eigenvalue weighted by Crippen LogP contribution is 2.33. The summed E-state index contributed by atoms with van der Waals surface area (Å²) >= 11 is 0. The number of sulfonamides is 1. The number of carbonyl (C=O) groups is 2. The number of carboxylic acids is 1. The van der Waals surface area contributed by atoms with Crippen LogP contribution in [0.4, 0.5) is 5.82 Å².